The van der Waals surface area contributed by atoms with Crippen LogP contribution in [0.1, 0.15) is 91.6 Å². The second kappa shape index (κ2) is 16.5. The fourth-order valence-electron chi connectivity index (χ4n) is 8.80. The van der Waals surface area contributed by atoms with E-state index in [1.807, 2.05) is 0 Å². The average molecular weight is 727 g/mol. The molecule has 0 saturated carbocycles. The predicted molar refractivity (Wildman–Crippen MR) is 224 cm³/mol. The number of aryl methyl sites for hydroxylation is 8. The van der Waals surface area contributed by atoms with Gasteiger partial charge in [-0.3, -0.25) is 0 Å². The van der Waals surface area contributed by atoms with E-state index in [1.165, 1.54) is 71.3 Å². The van der Waals surface area contributed by atoms with Crippen molar-refractivity contribution in [1.29, 1.82) is 0 Å². The van der Waals surface area contributed by atoms with Gasteiger partial charge in [-0.25, -0.2) is 0 Å². The summed E-state index contributed by atoms with van der Waals surface area (Å²) in [6.45, 7) is 23.7. The van der Waals surface area contributed by atoms with Gasteiger partial charge in [0.25, 0.3) is 0 Å². The number of hydrogen-bond donors (Lipinski definition) is 0. The van der Waals surface area contributed by atoms with Gasteiger partial charge in [-0.2, -0.15) is 0 Å². The highest BCUT2D eigenvalue weighted by Crippen LogP contribution is 2.43. The van der Waals surface area contributed by atoms with Gasteiger partial charge in [0, 0.05) is 0 Å². The fraction of sp³-hybridized carbons (Fsp3) is 0.455. The summed E-state index contributed by atoms with van der Waals surface area (Å²) in [7, 11) is 2.75. The monoisotopic (exact) mass is 726 g/mol. The second-order valence-corrected chi connectivity index (χ2v) is 23.6. The molecule has 0 fully saturated rings. The van der Waals surface area contributed by atoms with Crippen LogP contribution in [-0.2, 0) is 36.7 Å². The molecule has 8 rings (SSSR count). The summed E-state index contributed by atoms with van der Waals surface area (Å²) in [5, 5.41) is 5.73. The highest BCUT2D eigenvalue weighted by atomic mass is 31.1. The number of benzene rings is 4. The largest absolute Gasteiger partial charge is 0.496 e. The molecule has 268 valence electrons. The SMILES string of the molecule is COc1c(C)cc(Pc2cc3c(CO[Si](C(C)C)(C(C)C)C(C)C)cc2CCc2ccc(c(Pc4cc(C)c(OC)c(C)c4)c2)CC3)cc1C. The number of hydrogen-bond acceptors (Lipinski definition) is 3. The first-order valence-corrected chi connectivity index (χ1v) is 22.7. The zero-order valence-electron chi connectivity index (χ0n) is 32.7. The molecule has 2 unspecified atom stereocenters. The van der Waals surface area contributed by atoms with Crippen molar-refractivity contribution >= 4 is 46.7 Å². The third-order valence-corrected chi connectivity index (χ3v) is 19.7. The summed E-state index contributed by atoms with van der Waals surface area (Å²) in [6.07, 6.45) is 4.08. The van der Waals surface area contributed by atoms with Crippen molar-refractivity contribution < 1.29 is 13.9 Å². The van der Waals surface area contributed by atoms with E-state index < -0.39 is 8.32 Å². The molecule has 0 aromatic heterocycles. The molecule has 4 aliphatic rings. The lowest BCUT2D eigenvalue weighted by molar-refractivity contribution is 0.265. The van der Waals surface area contributed by atoms with Crippen molar-refractivity contribution in [2.75, 3.05) is 14.2 Å². The molecule has 3 nitrogen and oxygen atoms in total. The lowest BCUT2D eigenvalue weighted by Gasteiger charge is -2.42. The van der Waals surface area contributed by atoms with E-state index >= 15 is 0 Å². The highest BCUT2D eigenvalue weighted by molar-refractivity contribution is 7.56. The van der Waals surface area contributed by atoms with Crippen LogP contribution in [0.4, 0.5) is 0 Å². The summed E-state index contributed by atoms with van der Waals surface area (Å²) in [5.74, 6) is 2.00. The minimum absolute atomic E-state index is 0.560. The van der Waals surface area contributed by atoms with Crippen molar-refractivity contribution in [2.24, 2.45) is 0 Å². The first-order valence-electron chi connectivity index (χ1n) is 18.5. The Bertz CT molecular complexity index is 1760. The maximum absolute atomic E-state index is 7.29. The van der Waals surface area contributed by atoms with Crippen molar-refractivity contribution in [3.63, 3.8) is 0 Å². The Morgan fingerprint density at radius 2 is 1.02 bits per heavy atom. The molecule has 4 aromatic rings. The zero-order chi connectivity index (χ0) is 36.3. The van der Waals surface area contributed by atoms with E-state index in [9.17, 15) is 0 Å². The lowest BCUT2D eigenvalue weighted by atomic mass is 9.93. The van der Waals surface area contributed by atoms with Gasteiger partial charge in [0.05, 0.1) is 20.8 Å². The van der Waals surface area contributed by atoms with Crippen LogP contribution in [0.2, 0.25) is 16.6 Å². The number of methoxy groups -OCH3 is 2. The van der Waals surface area contributed by atoms with Crippen molar-refractivity contribution in [3.05, 3.63) is 105 Å². The minimum Gasteiger partial charge on any atom is -0.496 e. The molecule has 0 saturated heterocycles. The molecule has 6 heteroatoms. The smallest absolute Gasteiger partial charge is 0.200 e. The third kappa shape index (κ3) is 8.26. The number of ether oxygens (including phenoxy) is 2. The summed E-state index contributed by atoms with van der Waals surface area (Å²) >= 11 is 0. The van der Waals surface area contributed by atoms with E-state index in [2.05, 4.69) is 124 Å². The summed E-state index contributed by atoms with van der Waals surface area (Å²) < 4.78 is 18.7. The number of rotatable bonds is 12. The Kier molecular flexibility index (Phi) is 12.8. The van der Waals surface area contributed by atoms with Crippen LogP contribution in [0, 0.1) is 27.7 Å². The molecule has 0 aliphatic heterocycles. The van der Waals surface area contributed by atoms with Crippen LogP contribution in [0.3, 0.4) is 0 Å². The summed E-state index contributed by atoms with van der Waals surface area (Å²) in [5.41, 5.74) is 13.7. The first-order chi connectivity index (χ1) is 23.8. The van der Waals surface area contributed by atoms with Crippen LogP contribution in [0.25, 0.3) is 0 Å². The molecular formula is C44H60O3P2Si. The lowest BCUT2D eigenvalue weighted by Crippen LogP contribution is -2.47. The fourth-order valence-corrected chi connectivity index (χ4v) is 17.2. The molecule has 4 aromatic carbocycles. The maximum atomic E-state index is 7.29. The molecule has 2 atom stereocenters. The quantitative estimate of drug-likeness (QED) is 0.108. The van der Waals surface area contributed by atoms with Gasteiger partial charge < -0.3 is 13.9 Å². The molecule has 0 heterocycles. The minimum atomic E-state index is -2.02. The molecule has 4 aliphatic carbocycles. The van der Waals surface area contributed by atoms with Crippen molar-refractivity contribution in [1.82, 2.24) is 0 Å². The van der Waals surface area contributed by atoms with E-state index in [4.69, 9.17) is 13.9 Å². The molecular weight excluding hydrogens is 667 g/mol. The first kappa shape index (κ1) is 38.7. The Morgan fingerprint density at radius 3 is 1.50 bits per heavy atom. The summed E-state index contributed by atoms with van der Waals surface area (Å²) in [6, 6.07) is 21.7. The molecule has 0 amide bonds. The van der Waals surface area contributed by atoms with Gasteiger partial charge in [0.2, 0.25) is 8.32 Å². The molecule has 0 radical (unpaired) electrons. The average Bonchev–Trinajstić information content (AvgIpc) is 3.03. The Labute approximate surface area is 308 Å². The van der Waals surface area contributed by atoms with E-state index in [-0.39, 0.29) is 0 Å². The highest BCUT2D eigenvalue weighted by Gasteiger charge is 2.45. The van der Waals surface area contributed by atoms with Gasteiger partial charge in [-0.15, -0.1) is 0 Å². The van der Waals surface area contributed by atoms with Gasteiger partial charge >= 0.3 is 0 Å². The van der Waals surface area contributed by atoms with Crippen LogP contribution in [-0.4, -0.2) is 22.5 Å². The van der Waals surface area contributed by atoms with E-state index in [0.717, 1.165) is 37.2 Å². The van der Waals surface area contributed by atoms with Gasteiger partial charge in [0.15, 0.2) is 0 Å². The molecule has 50 heavy (non-hydrogen) atoms. The van der Waals surface area contributed by atoms with Gasteiger partial charge in [-0.05, 0) is 166 Å². The van der Waals surface area contributed by atoms with E-state index in [1.54, 1.807) is 14.2 Å². The van der Waals surface area contributed by atoms with Gasteiger partial charge in [0.1, 0.15) is 11.5 Å². The van der Waals surface area contributed by atoms with E-state index in [0.29, 0.717) is 40.4 Å². The van der Waals surface area contributed by atoms with Crippen LogP contribution in [0.15, 0.2) is 54.6 Å². The van der Waals surface area contributed by atoms with Crippen molar-refractivity contribution in [3.8, 4) is 11.5 Å². The molecule has 0 N–H and O–H groups in total. The normalized spacial score (nSPS) is 13.8. The Balaban J connectivity index is 1.55. The van der Waals surface area contributed by atoms with Crippen LogP contribution >= 0.6 is 17.2 Å². The Morgan fingerprint density at radius 1 is 0.560 bits per heavy atom. The van der Waals surface area contributed by atoms with Crippen LogP contribution < -0.4 is 30.7 Å². The second-order valence-electron chi connectivity index (χ2n) is 15.4. The third-order valence-electron chi connectivity index (χ3n) is 11.0. The Hall–Kier alpha value is -2.48. The van der Waals surface area contributed by atoms with Crippen molar-refractivity contribution in [2.45, 2.75) is 118 Å². The van der Waals surface area contributed by atoms with Crippen LogP contribution in [0.5, 0.6) is 11.5 Å². The zero-order valence-corrected chi connectivity index (χ0v) is 35.7. The predicted octanol–water partition coefficient (Wildman–Crippen LogP) is 9.77. The topological polar surface area (TPSA) is 27.7 Å². The van der Waals surface area contributed by atoms with Gasteiger partial charge in [-0.1, -0.05) is 89.0 Å². The molecule has 4 bridgehead atoms. The molecule has 0 spiro atoms. The summed E-state index contributed by atoms with van der Waals surface area (Å²) in [4.78, 5) is 0. The maximum Gasteiger partial charge on any atom is 0.200 e. The standard InChI is InChI=1S/C44H60O3P2Si/c1-27(2)50(28(3)4,29(5)6)47-26-38-24-37-16-14-34-13-15-35(41(23-34)48-39-19-30(7)43(45-11)31(8)20-39)17-18-36(38)25-42(37)49-40-21-32(9)44(46-12)33(10)22-40/h13,15,19-25,27-29,48-49H,14,16-18,26H2,1-12H3.